The molecule has 18 heavy (non-hydrogen) atoms. The molecular formula is C14H24BrN3. The van der Waals surface area contributed by atoms with Gasteiger partial charge in [-0.15, -0.1) is 0 Å². The van der Waals surface area contributed by atoms with Gasteiger partial charge in [0.25, 0.3) is 0 Å². The molecule has 2 atom stereocenters. The molecule has 0 bridgehead atoms. The van der Waals surface area contributed by atoms with Crippen molar-refractivity contribution < 1.29 is 0 Å². The summed E-state index contributed by atoms with van der Waals surface area (Å²) >= 11 is 3.69. The number of nitrogens with one attached hydrogen (secondary N) is 1. The number of nitrogens with zero attached hydrogens (tertiary/aromatic N) is 2. The lowest BCUT2D eigenvalue weighted by molar-refractivity contribution is 0.290. The molecule has 0 aromatic carbocycles. The summed E-state index contributed by atoms with van der Waals surface area (Å²) in [5, 5.41) is 8.23. The smallest absolute Gasteiger partial charge is 0.0738 e. The van der Waals surface area contributed by atoms with E-state index >= 15 is 0 Å². The lowest BCUT2D eigenvalue weighted by Gasteiger charge is -2.30. The van der Waals surface area contributed by atoms with E-state index in [2.05, 4.69) is 51.8 Å². The van der Waals surface area contributed by atoms with Gasteiger partial charge in [0.2, 0.25) is 0 Å². The van der Waals surface area contributed by atoms with Crippen molar-refractivity contribution in [3.63, 3.8) is 0 Å². The molecule has 1 aromatic heterocycles. The molecular weight excluding hydrogens is 290 g/mol. The van der Waals surface area contributed by atoms with Crippen molar-refractivity contribution in [3.05, 3.63) is 15.9 Å². The van der Waals surface area contributed by atoms with Crippen LogP contribution in [0.25, 0.3) is 0 Å². The molecule has 0 amide bonds. The summed E-state index contributed by atoms with van der Waals surface area (Å²) in [6.45, 7) is 8.66. The third-order valence-corrected chi connectivity index (χ3v) is 5.10. The standard InChI is InChI=1S/C14H24BrN3/c1-4-11-6-7-16-12(8-11)9-13-14(15)10(3)17-18(13)5-2/h11-12,16H,4-9H2,1-3H3. The summed E-state index contributed by atoms with van der Waals surface area (Å²) in [5.41, 5.74) is 2.46. The Balaban J connectivity index is 2.08. The third kappa shape index (κ3) is 2.97. The Morgan fingerprint density at radius 2 is 2.22 bits per heavy atom. The highest BCUT2D eigenvalue weighted by Crippen LogP contribution is 2.26. The number of aromatic nitrogens is 2. The van der Waals surface area contributed by atoms with E-state index in [1.807, 2.05) is 0 Å². The van der Waals surface area contributed by atoms with Crippen molar-refractivity contribution in [3.8, 4) is 0 Å². The van der Waals surface area contributed by atoms with E-state index in [0.29, 0.717) is 6.04 Å². The molecule has 3 nitrogen and oxygen atoms in total. The van der Waals surface area contributed by atoms with Gasteiger partial charge in [-0.2, -0.15) is 5.10 Å². The molecule has 1 fully saturated rings. The van der Waals surface area contributed by atoms with Crippen LogP contribution in [0.1, 0.15) is 44.5 Å². The fourth-order valence-electron chi connectivity index (χ4n) is 2.92. The van der Waals surface area contributed by atoms with Crippen LogP contribution in [0.3, 0.4) is 0 Å². The van der Waals surface area contributed by atoms with Crippen molar-refractivity contribution in [2.24, 2.45) is 5.92 Å². The second-order valence-corrected chi connectivity index (χ2v) is 6.11. The highest BCUT2D eigenvalue weighted by molar-refractivity contribution is 9.10. The Labute approximate surface area is 118 Å². The van der Waals surface area contributed by atoms with Crippen LogP contribution in [0.15, 0.2) is 4.47 Å². The zero-order valence-electron chi connectivity index (χ0n) is 11.7. The number of hydrogen-bond donors (Lipinski definition) is 1. The Hall–Kier alpha value is -0.350. The van der Waals surface area contributed by atoms with Gasteiger partial charge in [0.15, 0.2) is 0 Å². The normalized spacial score (nSPS) is 24.4. The maximum Gasteiger partial charge on any atom is 0.0738 e. The average Bonchev–Trinajstić information content (AvgIpc) is 2.67. The van der Waals surface area contributed by atoms with Crippen LogP contribution in [-0.4, -0.2) is 22.4 Å². The number of halogens is 1. The predicted molar refractivity (Wildman–Crippen MR) is 78.8 cm³/mol. The maximum atomic E-state index is 4.58. The maximum absolute atomic E-state index is 4.58. The van der Waals surface area contributed by atoms with Crippen LogP contribution in [0.5, 0.6) is 0 Å². The van der Waals surface area contributed by atoms with E-state index in [9.17, 15) is 0 Å². The fraction of sp³-hybridized carbons (Fsp3) is 0.786. The fourth-order valence-corrected chi connectivity index (χ4v) is 3.36. The summed E-state index contributed by atoms with van der Waals surface area (Å²) in [5.74, 6) is 0.897. The highest BCUT2D eigenvalue weighted by Gasteiger charge is 2.23. The van der Waals surface area contributed by atoms with Crippen molar-refractivity contribution in [1.82, 2.24) is 15.1 Å². The van der Waals surface area contributed by atoms with Crippen LogP contribution in [0.2, 0.25) is 0 Å². The molecule has 4 heteroatoms. The molecule has 1 saturated heterocycles. The van der Waals surface area contributed by atoms with Gasteiger partial charge in [-0.25, -0.2) is 0 Å². The molecule has 0 aliphatic carbocycles. The topological polar surface area (TPSA) is 29.9 Å². The lowest BCUT2D eigenvalue weighted by Crippen LogP contribution is -2.39. The molecule has 2 rings (SSSR count). The number of hydrogen-bond acceptors (Lipinski definition) is 2. The molecule has 1 aliphatic heterocycles. The van der Waals surface area contributed by atoms with Gasteiger partial charge in [-0.1, -0.05) is 13.3 Å². The van der Waals surface area contributed by atoms with Gasteiger partial charge in [0.1, 0.15) is 0 Å². The third-order valence-electron chi connectivity index (χ3n) is 4.07. The summed E-state index contributed by atoms with van der Waals surface area (Å²) in [4.78, 5) is 0. The summed E-state index contributed by atoms with van der Waals surface area (Å²) in [6.07, 6.45) is 5.04. The first-order chi connectivity index (χ1) is 8.65. The lowest BCUT2D eigenvalue weighted by atomic mass is 9.88. The van der Waals surface area contributed by atoms with Crippen LogP contribution >= 0.6 is 15.9 Å². The molecule has 102 valence electrons. The summed E-state index contributed by atoms with van der Waals surface area (Å²) < 4.78 is 3.33. The minimum Gasteiger partial charge on any atom is -0.314 e. The highest BCUT2D eigenvalue weighted by atomic mass is 79.9. The number of rotatable bonds is 4. The summed E-state index contributed by atoms with van der Waals surface area (Å²) in [6, 6.07) is 0.612. The average molecular weight is 314 g/mol. The van der Waals surface area contributed by atoms with Gasteiger partial charge in [0.05, 0.1) is 15.9 Å². The number of aryl methyl sites for hydroxylation is 2. The van der Waals surface area contributed by atoms with Gasteiger partial charge in [-0.3, -0.25) is 4.68 Å². The zero-order valence-corrected chi connectivity index (χ0v) is 13.3. The molecule has 0 radical (unpaired) electrons. The van der Waals surface area contributed by atoms with Crippen molar-refractivity contribution in [2.45, 2.75) is 59.0 Å². The number of piperidine rings is 1. The minimum atomic E-state index is 0.612. The van der Waals surface area contributed by atoms with Gasteiger partial charge >= 0.3 is 0 Å². The van der Waals surface area contributed by atoms with Crippen molar-refractivity contribution in [1.29, 1.82) is 0 Å². The van der Waals surface area contributed by atoms with Gasteiger partial charge in [-0.05, 0) is 55.1 Å². The van der Waals surface area contributed by atoms with E-state index in [0.717, 1.165) is 24.6 Å². The van der Waals surface area contributed by atoms with Crippen molar-refractivity contribution in [2.75, 3.05) is 6.54 Å². The first-order valence-electron chi connectivity index (χ1n) is 7.10. The van der Waals surface area contributed by atoms with E-state index in [-0.39, 0.29) is 0 Å². The van der Waals surface area contributed by atoms with Crippen LogP contribution in [-0.2, 0) is 13.0 Å². The van der Waals surface area contributed by atoms with E-state index in [4.69, 9.17) is 0 Å². The van der Waals surface area contributed by atoms with Crippen molar-refractivity contribution >= 4 is 15.9 Å². The molecule has 0 spiro atoms. The first kappa shape index (κ1) is 14.1. The Kier molecular flexibility index (Phi) is 4.84. The first-order valence-corrected chi connectivity index (χ1v) is 7.90. The van der Waals surface area contributed by atoms with Crippen LogP contribution in [0.4, 0.5) is 0 Å². The second kappa shape index (κ2) is 6.20. The second-order valence-electron chi connectivity index (χ2n) is 5.32. The molecule has 2 unspecified atom stereocenters. The molecule has 0 saturated carbocycles. The zero-order chi connectivity index (χ0) is 13.1. The Morgan fingerprint density at radius 1 is 1.44 bits per heavy atom. The van der Waals surface area contributed by atoms with E-state index in [1.165, 1.54) is 36.0 Å². The van der Waals surface area contributed by atoms with E-state index in [1.54, 1.807) is 0 Å². The molecule has 1 aliphatic rings. The Bertz CT molecular complexity index is 400. The summed E-state index contributed by atoms with van der Waals surface area (Å²) in [7, 11) is 0. The molecule has 1 N–H and O–H groups in total. The van der Waals surface area contributed by atoms with Crippen LogP contribution in [0, 0.1) is 12.8 Å². The largest absolute Gasteiger partial charge is 0.314 e. The van der Waals surface area contributed by atoms with Crippen LogP contribution < -0.4 is 5.32 Å². The quantitative estimate of drug-likeness (QED) is 0.924. The molecule has 1 aromatic rings. The monoisotopic (exact) mass is 313 g/mol. The predicted octanol–water partition coefficient (Wildman–Crippen LogP) is 3.29. The Morgan fingerprint density at radius 3 is 2.89 bits per heavy atom. The van der Waals surface area contributed by atoms with Gasteiger partial charge in [0, 0.05) is 19.0 Å². The SMILES string of the molecule is CCC1CCNC(Cc2c(Br)c(C)nn2CC)C1. The van der Waals surface area contributed by atoms with E-state index < -0.39 is 0 Å². The van der Waals surface area contributed by atoms with Gasteiger partial charge < -0.3 is 5.32 Å². The molecule has 2 heterocycles. The minimum absolute atomic E-state index is 0.612.